The van der Waals surface area contributed by atoms with Crippen molar-refractivity contribution < 1.29 is 9.90 Å². The van der Waals surface area contributed by atoms with Crippen molar-refractivity contribution in [3.63, 3.8) is 0 Å². The first-order valence-corrected chi connectivity index (χ1v) is 6.43. The van der Waals surface area contributed by atoms with E-state index >= 15 is 0 Å². The van der Waals surface area contributed by atoms with Gasteiger partial charge in [0.25, 0.3) is 5.91 Å². The molecule has 1 amide bonds. The Hall–Kier alpha value is -1.42. The summed E-state index contributed by atoms with van der Waals surface area (Å²) in [7, 11) is 0. The molecule has 1 atom stereocenters. The molecular weight excluding hydrogens is 228 g/mol. The first-order chi connectivity index (χ1) is 8.54. The summed E-state index contributed by atoms with van der Waals surface area (Å²) in [5, 5.41) is 12.5. The smallest absolute Gasteiger partial charge is 0.251 e. The highest BCUT2D eigenvalue weighted by Crippen LogP contribution is 2.08. The van der Waals surface area contributed by atoms with Gasteiger partial charge in [-0.1, -0.05) is 20.8 Å². The molecule has 4 nitrogen and oxygen atoms in total. The van der Waals surface area contributed by atoms with Crippen LogP contribution in [0.3, 0.4) is 0 Å². The zero-order chi connectivity index (χ0) is 13.5. The number of hydrogen-bond donors (Lipinski definition) is 2. The summed E-state index contributed by atoms with van der Waals surface area (Å²) in [6, 6.07) is 1.71. The zero-order valence-electron chi connectivity index (χ0n) is 11.3. The Balaban J connectivity index is 2.55. The third kappa shape index (κ3) is 4.45. The topological polar surface area (TPSA) is 62.2 Å². The molecule has 0 saturated heterocycles. The fourth-order valence-electron chi connectivity index (χ4n) is 1.86. The number of nitrogens with zero attached hydrogens (tertiary/aromatic N) is 1. The van der Waals surface area contributed by atoms with Gasteiger partial charge in [-0.3, -0.25) is 9.78 Å². The Morgan fingerprint density at radius 2 is 2.22 bits per heavy atom. The number of aliphatic hydroxyl groups is 1. The summed E-state index contributed by atoms with van der Waals surface area (Å²) in [5.74, 6) is 0.279. The first-order valence-electron chi connectivity index (χ1n) is 6.43. The minimum absolute atomic E-state index is 0.142. The van der Waals surface area contributed by atoms with Crippen molar-refractivity contribution in [3.05, 3.63) is 29.6 Å². The molecule has 0 aromatic carbocycles. The molecule has 4 heteroatoms. The summed E-state index contributed by atoms with van der Waals surface area (Å²) >= 11 is 0. The van der Waals surface area contributed by atoms with Crippen LogP contribution in [0.1, 0.15) is 43.1 Å². The molecule has 1 aromatic rings. The molecule has 0 spiro atoms. The molecule has 1 rings (SSSR count). The van der Waals surface area contributed by atoms with Gasteiger partial charge in [0.15, 0.2) is 0 Å². The maximum atomic E-state index is 12.0. The summed E-state index contributed by atoms with van der Waals surface area (Å²) < 4.78 is 0. The Labute approximate surface area is 108 Å². The molecule has 1 heterocycles. The van der Waals surface area contributed by atoms with Crippen molar-refractivity contribution in [2.45, 2.75) is 39.7 Å². The number of carbonyl (C=O) groups is 1. The number of nitrogens with one attached hydrogen (secondary N) is 1. The van der Waals surface area contributed by atoms with E-state index in [0.29, 0.717) is 24.4 Å². The molecule has 18 heavy (non-hydrogen) atoms. The zero-order valence-corrected chi connectivity index (χ0v) is 11.3. The highest BCUT2D eigenvalue weighted by atomic mass is 16.3. The summed E-state index contributed by atoms with van der Waals surface area (Å²) in [5.41, 5.74) is 1.57. The lowest BCUT2D eigenvalue weighted by atomic mass is 10.1. The molecule has 100 valence electrons. The molecule has 0 aliphatic rings. The van der Waals surface area contributed by atoms with E-state index in [-0.39, 0.29) is 5.91 Å². The quantitative estimate of drug-likeness (QED) is 0.809. The van der Waals surface area contributed by atoms with Gasteiger partial charge in [-0.25, -0.2) is 0 Å². The van der Waals surface area contributed by atoms with Crippen LogP contribution in [0.2, 0.25) is 0 Å². The molecule has 0 aliphatic heterocycles. The Bertz CT molecular complexity index is 391. The number of amides is 1. The summed E-state index contributed by atoms with van der Waals surface area (Å²) in [6.45, 7) is 6.37. The number of aliphatic hydroxyl groups excluding tert-OH is 1. The van der Waals surface area contributed by atoms with Crippen LogP contribution < -0.4 is 5.32 Å². The molecule has 0 aliphatic carbocycles. The molecule has 1 unspecified atom stereocenters. The van der Waals surface area contributed by atoms with E-state index in [1.165, 1.54) is 0 Å². The Kier molecular flexibility index (Phi) is 5.78. The molecule has 0 radical (unpaired) electrons. The Morgan fingerprint density at radius 1 is 1.50 bits per heavy atom. The van der Waals surface area contributed by atoms with Gasteiger partial charge in [0, 0.05) is 24.5 Å². The van der Waals surface area contributed by atoms with Gasteiger partial charge in [-0.2, -0.15) is 0 Å². The maximum Gasteiger partial charge on any atom is 0.251 e. The predicted molar refractivity (Wildman–Crippen MR) is 71.4 cm³/mol. The predicted octanol–water partition coefficient (Wildman–Crippen LogP) is 1.78. The Morgan fingerprint density at radius 3 is 2.83 bits per heavy atom. The lowest BCUT2D eigenvalue weighted by Crippen LogP contribution is -2.33. The van der Waals surface area contributed by atoms with Gasteiger partial charge in [0.1, 0.15) is 0 Å². The number of aromatic nitrogens is 1. The molecule has 0 bridgehead atoms. The summed E-state index contributed by atoms with van der Waals surface area (Å²) in [6.07, 6.45) is 4.29. The van der Waals surface area contributed by atoms with Crippen LogP contribution in [0.25, 0.3) is 0 Å². The number of hydrogen-bond acceptors (Lipinski definition) is 3. The average Bonchev–Trinajstić information content (AvgIpc) is 2.35. The van der Waals surface area contributed by atoms with Gasteiger partial charge in [-0.15, -0.1) is 0 Å². The van der Waals surface area contributed by atoms with Crippen LogP contribution in [0.4, 0.5) is 0 Å². The third-order valence-corrected chi connectivity index (χ3v) is 2.77. The molecule has 1 aromatic heterocycles. The molecule has 0 saturated carbocycles. The number of carbonyl (C=O) groups excluding carboxylic acids is 1. The number of aryl methyl sites for hydroxylation is 1. The van der Waals surface area contributed by atoms with Crippen LogP contribution in [0.5, 0.6) is 0 Å². The van der Waals surface area contributed by atoms with Crippen LogP contribution >= 0.6 is 0 Å². The number of rotatable bonds is 6. The SMILES string of the molecule is CCc1cnccc1C(=O)NCC(O)CC(C)C. The fourth-order valence-corrected chi connectivity index (χ4v) is 1.86. The number of pyridine rings is 1. The van der Waals surface area contributed by atoms with Crippen LogP contribution in [-0.4, -0.2) is 28.6 Å². The van der Waals surface area contributed by atoms with Crippen molar-refractivity contribution >= 4 is 5.91 Å². The van der Waals surface area contributed by atoms with E-state index in [4.69, 9.17) is 0 Å². The maximum absolute atomic E-state index is 12.0. The average molecular weight is 250 g/mol. The van der Waals surface area contributed by atoms with E-state index < -0.39 is 6.10 Å². The highest BCUT2D eigenvalue weighted by molar-refractivity contribution is 5.95. The lowest BCUT2D eigenvalue weighted by Gasteiger charge is -2.14. The molecule has 0 fully saturated rings. The minimum atomic E-state index is -0.485. The van der Waals surface area contributed by atoms with E-state index in [0.717, 1.165) is 12.0 Å². The van der Waals surface area contributed by atoms with Gasteiger partial charge < -0.3 is 10.4 Å². The monoisotopic (exact) mass is 250 g/mol. The van der Waals surface area contributed by atoms with Crippen molar-refractivity contribution in [1.82, 2.24) is 10.3 Å². The first kappa shape index (κ1) is 14.6. The van der Waals surface area contributed by atoms with E-state index in [9.17, 15) is 9.90 Å². The second-order valence-corrected chi connectivity index (χ2v) is 4.88. The van der Waals surface area contributed by atoms with E-state index in [1.54, 1.807) is 18.5 Å². The van der Waals surface area contributed by atoms with E-state index in [1.807, 2.05) is 20.8 Å². The van der Waals surface area contributed by atoms with Crippen molar-refractivity contribution in [1.29, 1.82) is 0 Å². The van der Waals surface area contributed by atoms with E-state index in [2.05, 4.69) is 10.3 Å². The van der Waals surface area contributed by atoms with Crippen molar-refractivity contribution in [2.24, 2.45) is 5.92 Å². The molecule has 2 N–H and O–H groups in total. The fraction of sp³-hybridized carbons (Fsp3) is 0.571. The standard InChI is InChI=1S/C14H22N2O2/c1-4-11-8-15-6-5-13(11)14(18)16-9-12(17)7-10(2)3/h5-6,8,10,12,17H,4,7,9H2,1-3H3,(H,16,18). The second kappa shape index (κ2) is 7.11. The normalized spacial score (nSPS) is 12.5. The van der Waals surface area contributed by atoms with Gasteiger partial charge in [-0.05, 0) is 30.4 Å². The van der Waals surface area contributed by atoms with Crippen LogP contribution in [0.15, 0.2) is 18.5 Å². The van der Waals surface area contributed by atoms with Gasteiger partial charge in [0.05, 0.1) is 6.10 Å². The second-order valence-electron chi connectivity index (χ2n) is 4.88. The minimum Gasteiger partial charge on any atom is -0.391 e. The van der Waals surface area contributed by atoms with Crippen LogP contribution in [0, 0.1) is 5.92 Å². The third-order valence-electron chi connectivity index (χ3n) is 2.77. The molecular formula is C14H22N2O2. The van der Waals surface area contributed by atoms with Crippen LogP contribution in [-0.2, 0) is 6.42 Å². The van der Waals surface area contributed by atoms with Gasteiger partial charge >= 0.3 is 0 Å². The largest absolute Gasteiger partial charge is 0.391 e. The highest BCUT2D eigenvalue weighted by Gasteiger charge is 2.12. The lowest BCUT2D eigenvalue weighted by molar-refractivity contribution is 0.0899. The van der Waals surface area contributed by atoms with Crippen molar-refractivity contribution in [3.8, 4) is 0 Å². The summed E-state index contributed by atoms with van der Waals surface area (Å²) in [4.78, 5) is 16.0. The van der Waals surface area contributed by atoms with Gasteiger partial charge in [0.2, 0.25) is 0 Å². The van der Waals surface area contributed by atoms with Crippen molar-refractivity contribution in [2.75, 3.05) is 6.54 Å².